The molecular weight excluding hydrogens is 364 g/mol. The summed E-state index contributed by atoms with van der Waals surface area (Å²) in [5.41, 5.74) is 0. The van der Waals surface area contributed by atoms with E-state index in [0.29, 0.717) is 19.6 Å². The highest BCUT2D eigenvalue weighted by molar-refractivity contribution is 4.64. The van der Waals surface area contributed by atoms with Crippen LogP contribution >= 0.6 is 0 Å². The van der Waals surface area contributed by atoms with E-state index >= 15 is 0 Å². The zero-order valence-electron chi connectivity index (χ0n) is 17.7. The molecule has 0 aromatic carbocycles. The van der Waals surface area contributed by atoms with Gasteiger partial charge in [0, 0.05) is 19.6 Å². The summed E-state index contributed by atoms with van der Waals surface area (Å²) in [5.74, 6) is 0. The van der Waals surface area contributed by atoms with Gasteiger partial charge in [-0.05, 0) is 26.2 Å². The van der Waals surface area contributed by atoms with Gasteiger partial charge in [0.1, 0.15) is 6.10 Å². The average Bonchev–Trinajstić information content (AvgIpc) is 2.67. The van der Waals surface area contributed by atoms with Crippen LogP contribution in [0.25, 0.3) is 0 Å². The number of aliphatic hydroxyl groups is 5. The molecule has 0 heterocycles. The van der Waals surface area contributed by atoms with Crippen molar-refractivity contribution < 1.29 is 35.0 Å². The van der Waals surface area contributed by atoms with Crippen LogP contribution in [0.4, 0.5) is 0 Å². The molecule has 0 bridgehead atoms. The molecule has 0 rings (SSSR count). The van der Waals surface area contributed by atoms with Gasteiger partial charge in [-0.1, -0.05) is 51.4 Å². The Kier molecular flexibility index (Phi) is 19.8. The Morgan fingerprint density at radius 1 is 0.679 bits per heavy atom. The highest BCUT2D eigenvalue weighted by Gasteiger charge is 2.20. The second kappa shape index (κ2) is 20.0. The Balaban J connectivity index is 3.68. The molecule has 0 aliphatic carbocycles. The van der Waals surface area contributed by atoms with Crippen LogP contribution in [-0.4, -0.2) is 76.6 Å². The highest BCUT2D eigenvalue weighted by atomic mass is 16.7. The molecule has 7 nitrogen and oxygen atoms in total. The molecule has 0 saturated heterocycles. The van der Waals surface area contributed by atoms with Gasteiger partial charge in [-0.25, -0.2) is 0 Å². The fourth-order valence-electron chi connectivity index (χ4n) is 3.01. The van der Waals surface area contributed by atoms with E-state index in [1.807, 2.05) is 0 Å². The molecule has 0 saturated carbocycles. The maximum atomic E-state index is 10.1. The SMILES string of the molecule is C[C@@H](O)C(CO)O[C@@H](CCO)OCC[C@H](O)CCCCCCCCCCCO. The Morgan fingerprint density at radius 2 is 1.25 bits per heavy atom. The largest absolute Gasteiger partial charge is 0.396 e. The third kappa shape index (κ3) is 16.7. The van der Waals surface area contributed by atoms with Crippen LogP contribution in [0.1, 0.15) is 84.0 Å². The maximum Gasteiger partial charge on any atom is 0.160 e. The van der Waals surface area contributed by atoms with Crippen LogP contribution in [-0.2, 0) is 9.47 Å². The van der Waals surface area contributed by atoms with Crippen molar-refractivity contribution in [2.75, 3.05) is 26.4 Å². The van der Waals surface area contributed by atoms with Crippen LogP contribution in [0.2, 0.25) is 0 Å². The van der Waals surface area contributed by atoms with E-state index in [1.54, 1.807) is 0 Å². The summed E-state index contributed by atoms with van der Waals surface area (Å²) in [4.78, 5) is 0. The lowest BCUT2D eigenvalue weighted by Gasteiger charge is -2.25. The van der Waals surface area contributed by atoms with Crippen LogP contribution in [0.15, 0.2) is 0 Å². The zero-order chi connectivity index (χ0) is 21.0. The van der Waals surface area contributed by atoms with Gasteiger partial charge in [0.05, 0.1) is 25.4 Å². The van der Waals surface area contributed by atoms with E-state index in [-0.39, 0.29) is 19.6 Å². The Labute approximate surface area is 170 Å². The van der Waals surface area contributed by atoms with Gasteiger partial charge in [-0.3, -0.25) is 0 Å². The molecule has 0 radical (unpaired) electrons. The van der Waals surface area contributed by atoms with Gasteiger partial charge < -0.3 is 35.0 Å². The Hall–Kier alpha value is -0.280. The normalized spacial score (nSPS) is 16.1. The summed E-state index contributed by atoms with van der Waals surface area (Å²) >= 11 is 0. The molecule has 0 aliphatic heterocycles. The van der Waals surface area contributed by atoms with Crippen molar-refractivity contribution in [1.29, 1.82) is 0 Å². The average molecular weight is 409 g/mol. The van der Waals surface area contributed by atoms with E-state index in [9.17, 15) is 15.3 Å². The van der Waals surface area contributed by atoms with Gasteiger partial charge >= 0.3 is 0 Å². The zero-order valence-corrected chi connectivity index (χ0v) is 17.7. The predicted octanol–water partition coefficient (Wildman–Crippen LogP) is 2.11. The standard InChI is InChI=1S/C21H44O7/c1-18(25)20(17-24)28-21(12-15-23)27-16-13-19(26)11-9-7-5-3-2-4-6-8-10-14-22/h18-26H,2-17H2,1H3/t18-,19-,20?,21+/m1/s1. The van der Waals surface area contributed by atoms with Crippen molar-refractivity contribution >= 4 is 0 Å². The molecule has 7 heteroatoms. The summed E-state index contributed by atoms with van der Waals surface area (Å²) < 4.78 is 11.0. The van der Waals surface area contributed by atoms with E-state index in [1.165, 1.54) is 39.0 Å². The molecular formula is C21H44O7. The van der Waals surface area contributed by atoms with Crippen LogP contribution in [0, 0.1) is 0 Å². The third-order valence-corrected chi connectivity index (χ3v) is 4.86. The second-order valence-corrected chi connectivity index (χ2v) is 7.55. The fraction of sp³-hybridized carbons (Fsp3) is 1.00. The van der Waals surface area contributed by atoms with Crippen molar-refractivity contribution in [2.45, 2.75) is 109 Å². The quantitative estimate of drug-likeness (QED) is 0.146. The summed E-state index contributed by atoms with van der Waals surface area (Å²) in [6.45, 7) is 1.68. The highest BCUT2D eigenvalue weighted by Crippen LogP contribution is 2.13. The van der Waals surface area contributed by atoms with Crippen LogP contribution in [0.3, 0.4) is 0 Å². The van der Waals surface area contributed by atoms with Gasteiger partial charge in [0.2, 0.25) is 0 Å². The summed E-state index contributed by atoms with van der Waals surface area (Å²) in [6.07, 6.45) is 9.05. The van der Waals surface area contributed by atoms with Gasteiger partial charge in [-0.15, -0.1) is 0 Å². The lowest BCUT2D eigenvalue weighted by molar-refractivity contribution is -0.205. The van der Waals surface area contributed by atoms with Gasteiger partial charge in [0.25, 0.3) is 0 Å². The first-order valence-corrected chi connectivity index (χ1v) is 11.0. The lowest BCUT2D eigenvalue weighted by atomic mass is 10.0. The third-order valence-electron chi connectivity index (χ3n) is 4.86. The molecule has 0 aliphatic rings. The van der Waals surface area contributed by atoms with Crippen molar-refractivity contribution in [3.8, 4) is 0 Å². The molecule has 4 atom stereocenters. The Bertz CT molecular complexity index is 315. The minimum absolute atomic E-state index is 0.118. The monoisotopic (exact) mass is 408 g/mol. The molecule has 170 valence electrons. The number of ether oxygens (including phenoxy) is 2. The summed E-state index contributed by atoms with van der Waals surface area (Å²) in [5, 5.41) is 46.6. The fourth-order valence-corrected chi connectivity index (χ4v) is 3.01. The maximum absolute atomic E-state index is 10.1. The summed E-state index contributed by atoms with van der Waals surface area (Å²) in [6, 6.07) is 0. The summed E-state index contributed by atoms with van der Waals surface area (Å²) in [7, 11) is 0. The van der Waals surface area contributed by atoms with Gasteiger partial charge in [-0.2, -0.15) is 0 Å². The van der Waals surface area contributed by atoms with Crippen molar-refractivity contribution in [3.63, 3.8) is 0 Å². The molecule has 1 unspecified atom stereocenters. The Morgan fingerprint density at radius 3 is 1.75 bits per heavy atom. The van der Waals surface area contributed by atoms with E-state index < -0.39 is 24.6 Å². The number of hydrogen-bond donors (Lipinski definition) is 5. The van der Waals surface area contributed by atoms with E-state index in [2.05, 4.69) is 0 Å². The van der Waals surface area contributed by atoms with Crippen LogP contribution < -0.4 is 0 Å². The van der Waals surface area contributed by atoms with E-state index in [0.717, 1.165) is 32.1 Å². The topological polar surface area (TPSA) is 120 Å². The van der Waals surface area contributed by atoms with E-state index in [4.69, 9.17) is 19.7 Å². The molecule has 28 heavy (non-hydrogen) atoms. The second-order valence-electron chi connectivity index (χ2n) is 7.55. The number of aliphatic hydroxyl groups excluding tert-OH is 5. The minimum Gasteiger partial charge on any atom is -0.396 e. The van der Waals surface area contributed by atoms with Crippen molar-refractivity contribution in [1.82, 2.24) is 0 Å². The van der Waals surface area contributed by atoms with Crippen molar-refractivity contribution in [2.24, 2.45) is 0 Å². The van der Waals surface area contributed by atoms with Gasteiger partial charge in [0.15, 0.2) is 6.29 Å². The first kappa shape index (κ1) is 27.7. The minimum atomic E-state index is -0.832. The molecule has 0 aromatic rings. The number of hydrogen-bond acceptors (Lipinski definition) is 7. The van der Waals surface area contributed by atoms with Crippen molar-refractivity contribution in [3.05, 3.63) is 0 Å². The molecule has 0 amide bonds. The number of rotatable bonds is 21. The molecule has 0 spiro atoms. The predicted molar refractivity (Wildman–Crippen MR) is 109 cm³/mol. The number of unbranched alkanes of at least 4 members (excludes halogenated alkanes) is 8. The van der Waals surface area contributed by atoms with Crippen LogP contribution in [0.5, 0.6) is 0 Å². The lowest BCUT2D eigenvalue weighted by Crippen LogP contribution is -2.36. The smallest absolute Gasteiger partial charge is 0.160 e. The molecule has 0 aromatic heterocycles. The first-order chi connectivity index (χ1) is 13.5. The molecule has 5 N–H and O–H groups in total. The first-order valence-electron chi connectivity index (χ1n) is 11.0. The molecule has 0 fully saturated rings.